The Balaban J connectivity index is 1.54. The lowest BCUT2D eigenvalue weighted by Gasteiger charge is -2.30. The molecule has 1 amide bonds. The van der Waals surface area contributed by atoms with Gasteiger partial charge in [-0.15, -0.1) is 0 Å². The van der Waals surface area contributed by atoms with Crippen LogP contribution in [0, 0.1) is 12.8 Å². The molecule has 3 aromatic carbocycles. The van der Waals surface area contributed by atoms with Crippen LogP contribution < -0.4 is 16.4 Å². The van der Waals surface area contributed by atoms with Gasteiger partial charge in [-0.2, -0.15) is 0 Å². The van der Waals surface area contributed by atoms with Crippen LogP contribution >= 0.6 is 0 Å². The van der Waals surface area contributed by atoms with Gasteiger partial charge in [0.1, 0.15) is 0 Å². The molecule has 8 nitrogen and oxygen atoms in total. The Labute approximate surface area is 228 Å². The SMILES string of the molecule is CONC(=O)c1ccc(C)c(-n2ccnc(N[C@@H](c3cccc4ccccc34)[C@H](C)CN3CCCC3)c2=O)c1. The molecule has 8 heteroatoms. The van der Waals surface area contributed by atoms with Gasteiger partial charge in [0.25, 0.3) is 11.5 Å². The van der Waals surface area contributed by atoms with Crippen molar-refractivity contribution in [2.75, 3.05) is 32.1 Å². The largest absolute Gasteiger partial charge is 0.358 e. The lowest BCUT2D eigenvalue weighted by Crippen LogP contribution is -2.33. The third-order valence-electron chi connectivity index (χ3n) is 7.53. The second kappa shape index (κ2) is 11.8. The van der Waals surface area contributed by atoms with Gasteiger partial charge in [-0.1, -0.05) is 55.5 Å². The van der Waals surface area contributed by atoms with Crippen molar-refractivity contribution in [2.45, 2.75) is 32.7 Å². The van der Waals surface area contributed by atoms with Crippen molar-refractivity contribution >= 4 is 22.5 Å². The number of hydrogen-bond acceptors (Lipinski definition) is 6. The Kier molecular flexibility index (Phi) is 8.05. The van der Waals surface area contributed by atoms with Crippen LogP contribution in [0.3, 0.4) is 0 Å². The fourth-order valence-corrected chi connectivity index (χ4v) is 5.54. The van der Waals surface area contributed by atoms with E-state index in [1.165, 1.54) is 20.0 Å². The summed E-state index contributed by atoms with van der Waals surface area (Å²) < 4.78 is 1.54. The fourth-order valence-electron chi connectivity index (χ4n) is 5.54. The van der Waals surface area contributed by atoms with Gasteiger partial charge in [0.15, 0.2) is 5.82 Å². The van der Waals surface area contributed by atoms with E-state index in [0.29, 0.717) is 11.3 Å². The Morgan fingerprint density at radius 1 is 1.08 bits per heavy atom. The van der Waals surface area contributed by atoms with Gasteiger partial charge in [0, 0.05) is 24.5 Å². The lowest BCUT2D eigenvalue weighted by molar-refractivity contribution is 0.0537. The standard InChI is InChI=1S/C31H35N5O3/c1-21-13-14-24(30(37)34-39-3)19-27(21)36-18-15-32-29(31(36)38)33-28(22(2)20-35-16-6-7-17-35)26-12-8-10-23-9-4-5-11-25(23)26/h4-5,8-15,18-19,22,28H,6-7,16-17,20H2,1-3H3,(H,32,33)(H,34,37)/t22-,28-/m1/s1. The molecule has 1 fully saturated rings. The van der Waals surface area contributed by atoms with E-state index in [-0.39, 0.29) is 29.2 Å². The van der Waals surface area contributed by atoms with Crippen LogP contribution in [0.5, 0.6) is 0 Å². The molecule has 4 aromatic rings. The van der Waals surface area contributed by atoms with Crippen molar-refractivity contribution in [3.05, 3.63) is 100 Å². The van der Waals surface area contributed by atoms with Gasteiger partial charge in [-0.05, 0) is 72.8 Å². The van der Waals surface area contributed by atoms with Crippen LogP contribution in [0.15, 0.2) is 77.9 Å². The maximum atomic E-state index is 13.8. The number of carbonyl (C=O) groups excluding carboxylic acids is 1. The number of hydrogen-bond donors (Lipinski definition) is 2. The molecule has 2 atom stereocenters. The number of aromatic nitrogens is 2. The summed E-state index contributed by atoms with van der Waals surface area (Å²) in [6.07, 6.45) is 5.71. The maximum absolute atomic E-state index is 13.8. The number of amides is 1. The molecule has 39 heavy (non-hydrogen) atoms. The molecule has 0 radical (unpaired) electrons. The van der Waals surface area contributed by atoms with Crippen molar-refractivity contribution in [1.29, 1.82) is 0 Å². The van der Waals surface area contributed by atoms with Crippen LogP contribution in [0.25, 0.3) is 16.5 Å². The zero-order valence-electron chi connectivity index (χ0n) is 22.7. The van der Waals surface area contributed by atoms with Crippen LogP contribution in [-0.2, 0) is 4.84 Å². The van der Waals surface area contributed by atoms with Crippen LogP contribution in [-0.4, -0.2) is 47.1 Å². The number of hydroxylamine groups is 1. The zero-order chi connectivity index (χ0) is 27.4. The smallest absolute Gasteiger partial charge is 0.297 e. The molecular weight excluding hydrogens is 490 g/mol. The van der Waals surface area contributed by atoms with Crippen LogP contribution in [0.2, 0.25) is 0 Å². The third-order valence-corrected chi connectivity index (χ3v) is 7.53. The molecule has 1 aliphatic rings. The number of rotatable bonds is 9. The molecule has 5 rings (SSSR count). The number of nitrogens with one attached hydrogen (secondary N) is 2. The summed E-state index contributed by atoms with van der Waals surface area (Å²) in [7, 11) is 1.38. The van der Waals surface area contributed by atoms with E-state index in [2.05, 4.69) is 64.0 Å². The minimum Gasteiger partial charge on any atom is -0.358 e. The van der Waals surface area contributed by atoms with E-state index in [1.807, 2.05) is 19.1 Å². The first kappa shape index (κ1) is 26.6. The van der Waals surface area contributed by atoms with Crippen molar-refractivity contribution in [3.8, 4) is 5.69 Å². The molecule has 0 saturated carbocycles. The highest BCUT2D eigenvalue weighted by Gasteiger charge is 2.26. The minimum absolute atomic E-state index is 0.132. The quantitative estimate of drug-likeness (QED) is 0.303. The summed E-state index contributed by atoms with van der Waals surface area (Å²) in [6.45, 7) is 7.29. The maximum Gasteiger partial charge on any atom is 0.297 e. The second-order valence-corrected chi connectivity index (χ2v) is 10.3. The van der Waals surface area contributed by atoms with Gasteiger partial charge in [0.05, 0.1) is 18.8 Å². The van der Waals surface area contributed by atoms with E-state index in [9.17, 15) is 9.59 Å². The highest BCUT2D eigenvalue weighted by Crippen LogP contribution is 2.32. The number of aryl methyl sites for hydroxylation is 1. The number of benzene rings is 3. The molecular formula is C31H35N5O3. The molecule has 202 valence electrons. The lowest BCUT2D eigenvalue weighted by atomic mass is 9.90. The van der Waals surface area contributed by atoms with Gasteiger partial charge in [-0.3, -0.25) is 19.0 Å². The van der Waals surface area contributed by atoms with E-state index in [1.54, 1.807) is 29.1 Å². The topological polar surface area (TPSA) is 88.5 Å². The Morgan fingerprint density at radius 2 is 1.85 bits per heavy atom. The van der Waals surface area contributed by atoms with Gasteiger partial charge < -0.3 is 10.2 Å². The van der Waals surface area contributed by atoms with Crippen molar-refractivity contribution in [2.24, 2.45) is 5.92 Å². The second-order valence-electron chi connectivity index (χ2n) is 10.3. The number of anilines is 1. The number of likely N-dealkylation sites (tertiary alicyclic amines) is 1. The van der Waals surface area contributed by atoms with E-state index in [4.69, 9.17) is 4.84 Å². The fraction of sp³-hybridized carbons (Fsp3) is 0.323. The van der Waals surface area contributed by atoms with E-state index < -0.39 is 0 Å². The summed E-state index contributed by atoms with van der Waals surface area (Å²) in [5.41, 5.74) is 5.06. The first-order chi connectivity index (χ1) is 19.0. The van der Waals surface area contributed by atoms with Crippen molar-refractivity contribution < 1.29 is 9.63 Å². The predicted molar refractivity (Wildman–Crippen MR) is 154 cm³/mol. The number of nitrogens with zero attached hydrogens (tertiary/aromatic N) is 3. The predicted octanol–water partition coefficient (Wildman–Crippen LogP) is 4.87. The van der Waals surface area contributed by atoms with Gasteiger partial charge in [-0.25, -0.2) is 10.5 Å². The number of carbonyl (C=O) groups is 1. The monoisotopic (exact) mass is 525 g/mol. The average Bonchev–Trinajstić information content (AvgIpc) is 3.46. The summed E-state index contributed by atoms with van der Waals surface area (Å²) in [5.74, 6) is 0.104. The minimum atomic E-state index is -0.383. The highest BCUT2D eigenvalue weighted by molar-refractivity contribution is 5.94. The van der Waals surface area contributed by atoms with Crippen LogP contribution in [0.4, 0.5) is 5.82 Å². The normalized spacial score (nSPS) is 15.3. The third kappa shape index (κ3) is 5.72. The number of fused-ring (bicyclic) bond motifs is 1. The van der Waals surface area contributed by atoms with Gasteiger partial charge >= 0.3 is 0 Å². The molecule has 0 aliphatic carbocycles. The molecule has 2 heterocycles. The van der Waals surface area contributed by atoms with Gasteiger partial charge in [0.2, 0.25) is 0 Å². The summed E-state index contributed by atoms with van der Waals surface area (Å²) in [6, 6.07) is 19.8. The van der Waals surface area contributed by atoms with Crippen LogP contribution in [0.1, 0.15) is 47.3 Å². The summed E-state index contributed by atoms with van der Waals surface area (Å²) in [5, 5.41) is 5.87. The molecule has 0 unspecified atom stereocenters. The van der Waals surface area contributed by atoms with Crippen molar-refractivity contribution in [1.82, 2.24) is 19.9 Å². The van der Waals surface area contributed by atoms with Crippen molar-refractivity contribution in [3.63, 3.8) is 0 Å². The Bertz CT molecular complexity index is 1520. The molecule has 1 saturated heterocycles. The van der Waals surface area contributed by atoms with E-state index in [0.717, 1.165) is 41.5 Å². The molecule has 1 aliphatic heterocycles. The first-order valence-electron chi connectivity index (χ1n) is 13.4. The Morgan fingerprint density at radius 3 is 2.64 bits per heavy atom. The Hall–Kier alpha value is -4.01. The molecule has 2 N–H and O–H groups in total. The summed E-state index contributed by atoms with van der Waals surface area (Å²) in [4.78, 5) is 37.9. The summed E-state index contributed by atoms with van der Waals surface area (Å²) >= 11 is 0. The average molecular weight is 526 g/mol. The molecule has 0 spiro atoms. The van der Waals surface area contributed by atoms with E-state index >= 15 is 0 Å². The highest BCUT2D eigenvalue weighted by atomic mass is 16.6. The molecule has 1 aromatic heterocycles. The zero-order valence-corrected chi connectivity index (χ0v) is 22.7. The molecule has 0 bridgehead atoms. The first-order valence-corrected chi connectivity index (χ1v) is 13.4.